The van der Waals surface area contributed by atoms with E-state index in [2.05, 4.69) is 18.0 Å². The van der Waals surface area contributed by atoms with E-state index in [0.29, 0.717) is 12.8 Å². The van der Waals surface area contributed by atoms with Gasteiger partial charge < -0.3 is 13.3 Å². The summed E-state index contributed by atoms with van der Waals surface area (Å²) in [7, 11) is -9.37. The molecule has 0 fully saturated rings. The minimum absolute atomic E-state index is 0. The number of unbranched alkanes of at least 4 members (excludes halogenated alkanes) is 17. The Kier molecular flexibility index (Phi) is 38.9. The normalized spacial score (nSPS) is 11.0. The van der Waals surface area contributed by atoms with Crippen LogP contribution in [0.15, 0.2) is 0 Å². The fourth-order valence-electron chi connectivity index (χ4n) is 3.51. The summed E-state index contributed by atoms with van der Waals surface area (Å²) in [5, 5.41) is 0. The predicted octanol–water partition coefficient (Wildman–Crippen LogP) is 0.303. The summed E-state index contributed by atoms with van der Waals surface area (Å²) >= 11 is 0. The van der Waals surface area contributed by atoms with Gasteiger partial charge in [-0.3, -0.25) is 13.2 Å². The Morgan fingerprint density at radius 1 is 0.568 bits per heavy atom. The predicted molar refractivity (Wildman–Crippen MR) is 135 cm³/mol. The first-order valence-corrected chi connectivity index (χ1v) is 16.0. The molecule has 0 rings (SSSR count). The van der Waals surface area contributed by atoms with Gasteiger partial charge in [0.05, 0.1) is 6.61 Å². The molecule has 0 aromatic rings. The van der Waals surface area contributed by atoms with E-state index in [4.69, 9.17) is 21.7 Å². The zero-order valence-corrected chi connectivity index (χ0v) is 29.5. The van der Waals surface area contributed by atoms with Crippen molar-refractivity contribution < 1.29 is 98.2 Å². The zero-order chi connectivity index (χ0) is 26.8. The summed E-state index contributed by atoms with van der Waals surface area (Å²) in [6.07, 6.45) is 22.1. The molecule has 0 heterocycles. The minimum Gasteiger partial charge on any atom is -0.759 e. The molecule has 0 spiro atoms. The van der Waals surface area contributed by atoms with Crippen LogP contribution in [-0.2, 0) is 34.0 Å². The summed E-state index contributed by atoms with van der Waals surface area (Å²) in [6, 6.07) is 0. The van der Waals surface area contributed by atoms with Gasteiger partial charge in [0.2, 0.25) is 0 Å². The van der Waals surface area contributed by atoms with Crippen LogP contribution >= 0.6 is 0 Å². The SMILES string of the molecule is CCCCCCCCCCCCOS(=O)(=O)OC(=O)CCCCCCCCCCC.O=S(=O)([O-])[O-].[Na+].[Na+]. The Balaban J connectivity index is -0.000000704. The van der Waals surface area contributed by atoms with Gasteiger partial charge in [0.1, 0.15) is 0 Å². The molecule has 0 N–H and O–H groups in total. The minimum atomic E-state index is -5.17. The number of hydrogen-bond acceptors (Lipinski definition) is 9. The molecule has 0 aromatic carbocycles. The van der Waals surface area contributed by atoms with Gasteiger partial charge in [-0.05, 0) is 12.8 Å². The van der Waals surface area contributed by atoms with Gasteiger partial charge in [0.25, 0.3) is 0 Å². The fourth-order valence-corrected chi connectivity index (χ4v) is 4.19. The van der Waals surface area contributed by atoms with Gasteiger partial charge in [-0.25, -0.2) is 4.18 Å². The third-order valence-electron chi connectivity index (χ3n) is 5.41. The van der Waals surface area contributed by atoms with Gasteiger partial charge in [0.15, 0.2) is 0 Å². The van der Waals surface area contributed by atoms with E-state index in [9.17, 15) is 13.2 Å². The molecule has 0 atom stereocenters. The maximum atomic E-state index is 11.7. The average Bonchev–Trinajstić information content (AvgIpc) is 2.75. The monoisotopic (exact) mass is 590 g/mol. The van der Waals surface area contributed by atoms with Crippen molar-refractivity contribution in [1.29, 1.82) is 0 Å². The van der Waals surface area contributed by atoms with Crippen LogP contribution in [0.3, 0.4) is 0 Å². The molecular weight excluding hydrogens is 542 g/mol. The Bertz CT molecular complexity index is 680. The van der Waals surface area contributed by atoms with Crippen molar-refractivity contribution in [3.8, 4) is 0 Å². The topological polar surface area (TPSA) is 150 Å². The quantitative estimate of drug-likeness (QED) is 0.0709. The van der Waals surface area contributed by atoms with Crippen molar-refractivity contribution in [1.82, 2.24) is 0 Å². The molecule has 0 aliphatic rings. The van der Waals surface area contributed by atoms with Crippen LogP contribution in [0.2, 0.25) is 0 Å². The van der Waals surface area contributed by atoms with Crippen molar-refractivity contribution in [3.63, 3.8) is 0 Å². The first kappa shape index (κ1) is 45.2. The Hall–Kier alpha value is 1.25. The van der Waals surface area contributed by atoms with Crippen LogP contribution in [0.25, 0.3) is 0 Å². The molecule has 0 bridgehead atoms. The second kappa shape index (κ2) is 31.8. The number of rotatable bonds is 23. The maximum absolute atomic E-state index is 11.7. The summed E-state index contributed by atoms with van der Waals surface area (Å²) < 4.78 is 66.8. The van der Waals surface area contributed by atoms with E-state index >= 15 is 0 Å². The summed E-state index contributed by atoms with van der Waals surface area (Å²) in [5.41, 5.74) is 0. The molecule has 9 nitrogen and oxygen atoms in total. The van der Waals surface area contributed by atoms with Gasteiger partial charge in [-0.1, -0.05) is 123 Å². The molecule has 0 saturated carbocycles. The fraction of sp³-hybridized carbons (Fsp3) is 0.958. The first-order valence-electron chi connectivity index (χ1n) is 13.3. The summed E-state index contributed by atoms with van der Waals surface area (Å²) in [5.74, 6) is -0.707. The standard InChI is InChI=1S/C24H48O5S.2Na.H2O4S/c1-3-5-7-9-11-13-15-17-19-21-23-28-30(26,27)29-24(25)22-20-18-16-14-12-10-8-6-4-2;;;1-5(2,3)4/h3-23H2,1-2H3;;;(H2,1,2,3,4)/q;2*+1;/p-2. The number of carbonyl (C=O) groups excluding carboxylic acids is 1. The van der Waals surface area contributed by atoms with E-state index in [1.807, 2.05) is 0 Å². The van der Waals surface area contributed by atoms with Gasteiger partial charge >= 0.3 is 75.5 Å². The molecule has 0 aromatic heterocycles. The van der Waals surface area contributed by atoms with Crippen molar-refractivity contribution >= 4 is 26.8 Å². The Morgan fingerprint density at radius 2 is 0.865 bits per heavy atom. The Morgan fingerprint density at radius 3 is 1.22 bits per heavy atom. The van der Waals surface area contributed by atoms with E-state index in [1.54, 1.807) is 0 Å². The molecule has 0 unspecified atom stereocenters. The summed E-state index contributed by atoms with van der Waals surface area (Å²) in [6.45, 7) is 4.52. The second-order valence-corrected chi connectivity index (χ2v) is 10.9. The molecule has 0 radical (unpaired) electrons. The van der Waals surface area contributed by atoms with Crippen LogP contribution < -0.4 is 59.1 Å². The smallest absolute Gasteiger partial charge is 0.759 e. The molecule has 0 amide bonds. The van der Waals surface area contributed by atoms with E-state index in [0.717, 1.165) is 25.7 Å². The molecule has 13 heteroatoms. The third-order valence-corrected chi connectivity index (χ3v) is 6.25. The van der Waals surface area contributed by atoms with Crippen molar-refractivity contribution in [3.05, 3.63) is 0 Å². The van der Waals surface area contributed by atoms with Gasteiger partial charge in [-0.15, -0.1) is 0 Å². The van der Waals surface area contributed by atoms with Gasteiger partial charge in [0, 0.05) is 16.8 Å². The van der Waals surface area contributed by atoms with Crippen molar-refractivity contribution in [2.24, 2.45) is 0 Å². The molecule has 212 valence electrons. The largest absolute Gasteiger partial charge is 1.00 e. The molecule has 37 heavy (non-hydrogen) atoms. The van der Waals surface area contributed by atoms with E-state index < -0.39 is 26.8 Å². The van der Waals surface area contributed by atoms with Crippen molar-refractivity contribution in [2.45, 2.75) is 142 Å². The molecular formula is C24H48Na2O9S2. The first-order chi connectivity index (χ1) is 16.5. The van der Waals surface area contributed by atoms with Crippen LogP contribution in [0.5, 0.6) is 0 Å². The zero-order valence-electron chi connectivity index (χ0n) is 23.8. The van der Waals surface area contributed by atoms with Gasteiger partial charge in [-0.2, -0.15) is 8.42 Å². The van der Waals surface area contributed by atoms with E-state index in [1.165, 1.54) is 83.5 Å². The van der Waals surface area contributed by atoms with Crippen LogP contribution in [0.1, 0.15) is 142 Å². The second-order valence-electron chi connectivity index (χ2n) is 8.85. The molecule has 0 aliphatic carbocycles. The van der Waals surface area contributed by atoms with Crippen LogP contribution in [0.4, 0.5) is 0 Å². The van der Waals surface area contributed by atoms with Crippen molar-refractivity contribution in [2.75, 3.05) is 6.61 Å². The Labute approximate surface area is 271 Å². The third kappa shape index (κ3) is 47.4. The molecule has 0 saturated heterocycles. The van der Waals surface area contributed by atoms with E-state index in [-0.39, 0.29) is 72.1 Å². The van der Waals surface area contributed by atoms with Crippen LogP contribution in [0, 0.1) is 0 Å². The maximum Gasteiger partial charge on any atom is 1.00 e. The number of carbonyl (C=O) groups is 1. The average molecular weight is 591 g/mol. The van der Waals surface area contributed by atoms with Crippen LogP contribution in [-0.4, -0.2) is 38.5 Å². The number of hydrogen-bond donors (Lipinski definition) is 0. The summed E-state index contributed by atoms with van der Waals surface area (Å²) in [4.78, 5) is 11.7. The molecule has 0 aliphatic heterocycles.